The molecule has 0 radical (unpaired) electrons. The number of esters is 1. The number of imidazole rings is 1. The van der Waals surface area contributed by atoms with Crippen molar-refractivity contribution in [1.29, 1.82) is 0 Å². The van der Waals surface area contributed by atoms with E-state index < -0.39 is 51.9 Å². The Morgan fingerprint density at radius 2 is 1.98 bits per heavy atom. The van der Waals surface area contributed by atoms with Crippen LogP contribution in [0.1, 0.15) is 68.3 Å². The highest BCUT2D eigenvalue weighted by Crippen LogP contribution is 2.45. The number of aromatic amines is 1. The van der Waals surface area contributed by atoms with Crippen LogP contribution in [-0.4, -0.2) is 48.2 Å². The third-order valence-electron chi connectivity index (χ3n) is 8.99. The summed E-state index contributed by atoms with van der Waals surface area (Å²) in [6.45, 7) is 4.90. The molecule has 2 atom stereocenters. The zero-order valence-electron chi connectivity index (χ0n) is 27.1. The van der Waals surface area contributed by atoms with Gasteiger partial charge in [-0.2, -0.15) is 4.39 Å². The quantitative estimate of drug-likeness (QED) is 0.0755. The molecule has 258 valence electrons. The van der Waals surface area contributed by atoms with Crippen molar-refractivity contribution >= 4 is 17.9 Å². The van der Waals surface area contributed by atoms with Crippen LogP contribution in [0.3, 0.4) is 0 Å². The van der Waals surface area contributed by atoms with E-state index in [9.17, 15) is 4.79 Å². The average Bonchev–Trinajstić information content (AvgIpc) is 3.61. The Hall–Kier alpha value is -4.91. The number of nitrogens with one attached hydrogen (secondary N) is 2. The van der Waals surface area contributed by atoms with E-state index in [0.717, 1.165) is 36.2 Å². The van der Waals surface area contributed by atoms with Gasteiger partial charge >= 0.3 is 5.97 Å². The molecule has 0 spiro atoms. The second kappa shape index (κ2) is 14.3. The van der Waals surface area contributed by atoms with Crippen LogP contribution >= 0.6 is 0 Å². The molecule has 0 aliphatic carbocycles. The van der Waals surface area contributed by atoms with E-state index in [2.05, 4.69) is 15.3 Å². The van der Waals surface area contributed by atoms with E-state index in [0.29, 0.717) is 50.5 Å². The number of para-hydroxylation sites is 1. The van der Waals surface area contributed by atoms with Gasteiger partial charge in [0.2, 0.25) is 11.6 Å². The Bertz CT molecular complexity index is 1880. The van der Waals surface area contributed by atoms with Gasteiger partial charge in [-0.1, -0.05) is 18.2 Å². The SMILES string of the molecule is CCOC(=O)CCc1cccc2c1OCCC2(C)c1cnc(-c2cc(Oc3c(F)c(F)c(NC4CCCCO4)c(C=[NH2+])c3F)ccc2F)[nH]1. The molecule has 0 amide bonds. The van der Waals surface area contributed by atoms with Gasteiger partial charge in [-0.15, -0.1) is 0 Å². The zero-order chi connectivity index (χ0) is 34.7. The van der Waals surface area contributed by atoms with Gasteiger partial charge < -0.3 is 29.2 Å². The van der Waals surface area contributed by atoms with Crippen LogP contribution < -0.4 is 20.2 Å². The second-order valence-electron chi connectivity index (χ2n) is 12.1. The average molecular weight is 682 g/mol. The predicted molar refractivity (Wildman–Crippen MR) is 173 cm³/mol. The number of hydrogen-bond acceptors (Lipinski definition) is 7. The Morgan fingerprint density at radius 1 is 1.14 bits per heavy atom. The molecule has 0 bridgehead atoms. The summed E-state index contributed by atoms with van der Waals surface area (Å²) < 4.78 is 83.6. The summed E-state index contributed by atoms with van der Waals surface area (Å²) in [6, 6.07) is 9.19. The molecule has 2 aliphatic rings. The van der Waals surface area contributed by atoms with Gasteiger partial charge in [-0.3, -0.25) is 10.2 Å². The number of H-pyrrole nitrogens is 1. The van der Waals surface area contributed by atoms with Crippen molar-refractivity contribution in [2.45, 2.75) is 64.0 Å². The molecule has 49 heavy (non-hydrogen) atoms. The number of anilines is 1. The lowest BCUT2D eigenvalue weighted by atomic mass is 9.74. The third kappa shape index (κ3) is 6.71. The second-order valence-corrected chi connectivity index (χ2v) is 12.1. The Morgan fingerprint density at radius 3 is 2.73 bits per heavy atom. The van der Waals surface area contributed by atoms with E-state index in [1.807, 2.05) is 25.1 Å². The fourth-order valence-corrected chi connectivity index (χ4v) is 6.29. The summed E-state index contributed by atoms with van der Waals surface area (Å²) in [6.07, 6.45) is 5.16. The molecule has 2 aliphatic heterocycles. The third-order valence-corrected chi connectivity index (χ3v) is 8.99. The van der Waals surface area contributed by atoms with Crippen LogP contribution in [-0.2, 0) is 26.1 Å². The van der Waals surface area contributed by atoms with E-state index in [4.69, 9.17) is 24.4 Å². The normalized spacial score (nSPS) is 18.7. The fraction of sp³-hybridized carbons (Fsp3) is 0.361. The van der Waals surface area contributed by atoms with Crippen molar-refractivity contribution in [3.8, 4) is 28.6 Å². The summed E-state index contributed by atoms with van der Waals surface area (Å²) >= 11 is 0. The predicted octanol–water partition coefficient (Wildman–Crippen LogP) is 6.13. The summed E-state index contributed by atoms with van der Waals surface area (Å²) in [5, 5.41) is 8.33. The Balaban J connectivity index is 1.28. The van der Waals surface area contributed by atoms with E-state index in [1.54, 1.807) is 13.1 Å². The standard InChI is InChI=1S/C36H36F4N4O5/c1-3-46-28(45)13-10-20-7-6-8-24-33(20)48-16-14-36(24,2)26-19-42-35(43-26)22-17-21(11-12-25(22)37)49-34-29(38)23(18-41)32(30(39)31(34)40)44-27-9-4-5-15-47-27/h6-8,11-12,17-19,27,41,44H,3-5,9-10,13-16H2,1-2H3,(H,42,43)/p+1. The van der Waals surface area contributed by atoms with Crippen molar-refractivity contribution < 1.29 is 46.7 Å². The number of aromatic nitrogens is 2. The number of ether oxygens (including phenoxy) is 4. The van der Waals surface area contributed by atoms with Gasteiger partial charge in [-0.05, 0) is 69.7 Å². The molecule has 6 rings (SSSR count). The molecule has 13 heteroatoms. The fourth-order valence-electron chi connectivity index (χ4n) is 6.29. The Labute approximate surface area is 280 Å². The van der Waals surface area contributed by atoms with Gasteiger partial charge in [0.15, 0.2) is 17.8 Å². The minimum atomic E-state index is -1.58. The first-order valence-corrected chi connectivity index (χ1v) is 16.2. The first-order chi connectivity index (χ1) is 23.6. The largest absolute Gasteiger partial charge is 0.493 e. The zero-order valence-corrected chi connectivity index (χ0v) is 27.1. The maximum Gasteiger partial charge on any atom is 0.306 e. The van der Waals surface area contributed by atoms with Crippen molar-refractivity contribution in [2.24, 2.45) is 0 Å². The van der Waals surface area contributed by atoms with Crippen LogP contribution in [0.5, 0.6) is 17.2 Å². The van der Waals surface area contributed by atoms with Gasteiger partial charge in [0, 0.05) is 35.9 Å². The number of halogens is 4. The number of nitrogens with two attached hydrogens (primary N) is 1. The van der Waals surface area contributed by atoms with E-state index in [1.165, 1.54) is 12.1 Å². The number of benzene rings is 3. The number of nitrogens with zero attached hydrogens (tertiary/aromatic N) is 1. The number of rotatable bonds is 11. The van der Waals surface area contributed by atoms with Crippen LogP contribution in [0.4, 0.5) is 23.2 Å². The van der Waals surface area contributed by atoms with Gasteiger partial charge in [-0.25, -0.2) is 18.2 Å². The molecule has 1 saturated heterocycles. The number of carbonyl (C=O) groups excluding carboxylic acids is 1. The molecule has 0 saturated carbocycles. The van der Waals surface area contributed by atoms with Gasteiger partial charge in [0.25, 0.3) is 0 Å². The summed E-state index contributed by atoms with van der Waals surface area (Å²) in [7, 11) is 0. The number of hydrogen-bond donors (Lipinski definition) is 3. The number of aryl methyl sites for hydroxylation is 1. The highest BCUT2D eigenvalue weighted by atomic mass is 19.2. The summed E-state index contributed by atoms with van der Waals surface area (Å²) in [5.41, 5.74) is 0.853. The van der Waals surface area contributed by atoms with Gasteiger partial charge in [0.05, 0.1) is 24.5 Å². The van der Waals surface area contributed by atoms with Crippen LogP contribution in [0, 0.1) is 23.3 Å². The molecule has 4 N–H and O–H groups in total. The van der Waals surface area contributed by atoms with Crippen LogP contribution in [0.15, 0.2) is 42.6 Å². The summed E-state index contributed by atoms with van der Waals surface area (Å²) in [4.78, 5) is 19.6. The first-order valence-electron chi connectivity index (χ1n) is 16.2. The lowest BCUT2D eigenvalue weighted by Gasteiger charge is -2.36. The molecule has 3 heterocycles. The molecule has 4 aromatic rings. The smallest absolute Gasteiger partial charge is 0.306 e. The molecular weight excluding hydrogens is 644 g/mol. The first kappa shape index (κ1) is 34.0. The molecule has 1 aromatic heterocycles. The topological polar surface area (TPSA) is 120 Å². The molecular formula is C36H37F4N4O5+. The minimum absolute atomic E-state index is 0.0394. The molecule has 1 fully saturated rings. The maximum atomic E-state index is 15.6. The maximum absolute atomic E-state index is 15.6. The Kier molecular flexibility index (Phi) is 9.91. The van der Waals surface area contributed by atoms with Gasteiger partial charge in [0.1, 0.15) is 34.9 Å². The lowest BCUT2D eigenvalue weighted by Crippen LogP contribution is -2.33. The van der Waals surface area contributed by atoms with Crippen LogP contribution in [0.2, 0.25) is 0 Å². The van der Waals surface area contributed by atoms with Crippen molar-refractivity contribution in [3.63, 3.8) is 0 Å². The van der Waals surface area contributed by atoms with Crippen molar-refractivity contribution in [1.82, 2.24) is 9.97 Å². The molecule has 9 nitrogen and oxygen atoms in total. The number of carbonyl (C=O) groups is 1. The number of fused-ring (bicyclic) bond motifs is 1. The van der Waals surface area contributed by atoms with E-state index >= 15 is 17.6 Å². The summed E-state index contributed by atoms with van der Waals surface area (Å²) in [5.74, 6) is -5.57. The van der Waals surface area contributed by atoms with Crippen molar-refractivity contribution in [2.75, 3.05) is 25.1 Å². The molecule has 3 aromatic carbocycles. The van der Waals surface area contributed by atoms with E-state index in [-0.39, 0.29) is 29.5 Å². The lowest BCUT2D eigenvalue weighted by molar-refractivity contribution is -0.143. The monoisotopic (exact) mass is 681 g/mol. The van der Waals surface area contributed by atoms with Crippen molar-refractivity contribution in [3.05, 3.63) is 88.2 Å². The minimum Gasteiger partial charge on any atom is -0.493 e. The molecule has 2 unspecified atom stereocenters. The highest BCUT2D eigenvalue weighted by molar-refractivity contribution is 5.86. The van der Waals surface area contributed by atoms with Crippen LogP contribution in [0.25, 0.3) is 11.4 Å². The highest BCUT2D eigenvalue weighted by Gasteiger charge is 2.38.